The number of ether oxygens (including phenoxy) is 4. The predicted octanol–water partition coefficient (Wildman–Crippen LogP) is 15.1. The Labute approximate surface area is 420 Å². The van der Waals surface area contributed by atoms with Gasteiger partial charge in [-0.3, -0.25) is 9.59 Å². The van der Waals surface area contributed by atoms with Gasteiger partial charge in [-0.2, -0.15) is 0 Å². The molecule has 2 unspecified atom stereocenters. The van der Waals surface area contributed by atoms with Crippen LogP contribution in [0.4, 0.5) is 0 Å². The molecule has 0 aromatic rings. The fraction of sp³-hybridized carbons (Fsp3) is 0.583. The molecule has 0 aromatic carbocycles. The third-order valence-corrected chi connectivity index (χ3v) is 10.4. The standard InChI is InChI=1S/C60H95NO8/c1-6-8-10-12-14-16-18-20-21-22-23-24-25-26-27-28-29-30-31-32-33-34-35-36-37-39-41-43-45-47-49-51-58(63)69-56(55-68-60(59(64)65)66-53-52-61(3,4)5)54-67-57(62)50-48-46-44-42-40-38-19-17-15-13-11-9-7-2/h8,10-11,13-14,16-17,19-21,23-24,26-27,29-30,32-33,35-36,39,41,56,60H,6-7,9,12,15,18,22,25,28,31,34,37-38,40,42-55H2,1-5H3/p+1/b10-8-,13-11-,16-14-,19-17-,21-20-,24-23-,27-26-,30-29-,33-32-,36-35-,41-39-. The van der Waals surface area contributed by atoms with Gasteiger partial charge in [-0.05, 0) is 109 Å². The molecule has 0 bridgehead atoms. The number of aliphatic carboxylic acids is 1. The molecule has 0 aromatic heterocycles. The third-order valence-electron chi connectivity index (χ3n) is 10.4. The molecule has 0 spiro atoms. The first-order valence-corrected chi connectivity index (χ1v) is 26.3. The largest absolute Gasteiger partial charge is 0.477 e. The molecular formula is C60H96NO8+. The average molecular weight is 959 g/mol. The van der Waals surface area contributed by atoms with Gasteiger partial charge in [0, 0.05) is 12.8 Å². The molecule has 0 aliphatic rings. The quantitative estimate of drug-likeness (QED) is 0.0211. The van der Waals surface area contributed by atoms with Gasteiger partial charge in [0.2, 0.25) is 0 Å². The number of nitrogens with zero attached hydrogens (tertiary/aromatic N) is 1. The van der Waals surface area contributed by atoms with Crippen LogP contribution in [0.15, 0.2) is 134 Å². The van der Waals surface area contributed by atoms with Crippen LogP contribution in [0.25, 0.3) is 0 Å². The number of carbonyl (C=O) groups excluding carboxylic acids is 2. The van der Waals surface area contributed by atoms with Gasteiger partial charge in [0.1, 0.15) is 13.2 Å². The molecule has 0 radical (unpaired) electrons. The number of hydrogen-bond acceptors (Lipinski definition) is 7. The van der Waals surface area contributed by atoms with Crippen LogP contribution in [-0.2, 0) is 33.3 Å². The molecule has 69 heavy (non-hydrogen) atoms. The van der Waals surface area contributed by atoms with Gasteiger partial charge in [0.25, 0.3) is 6.29 Å². The van der Waals surface area contributed by atoms with Crippen LogP contribution in [-0.4, -0.2) is 87.4 Å². The van der Waals surface area contributed by atoms with Gasteiger partial charge < -0.3 is 28.5 Å². The molecule has 0 saturated carbocycles. The smallest absolute Gasteiger partial charge is 0.361 e. The summed E-state index contributed by atoms with van der Waals surface area (Å²) in [4.78, 5) is 37.2. The van der Waals surface area contributed by atoms with E-state index in [1.54, 1.807) is 0 Å². The first-order chi connectivity index (χ1) is 33.6. The minimum Gasteiger partial charge on any atom is -0.477 e. The van der Waals surface area contributed by atoms with Crippen molar-refractivity contribution in [1.29, 1.82) is 0 Å². The van der Waals surface area contributed by atoms with E-state index >= 15 is 0 Å². The Bertz CT molecular complexity index is 1590. The highest BCUT2D eigenvalue weighted by molar-refractivity contribution is 5.71. The summed E-state index contributed by atoms with van der Waals surface area (Å²) in [5.74, 6) is -2.09. The van der Waals surface area contributed by atoms with Crippen molar-refractivity contribution >= 4 is 17.9 Å². The Balaban J connectivity index is 4.39. The lowest BCUT2D eigenvalue weighted by molar-refractivity contribution is -0.870. The van der Waals surface area contributed by atoms with Crippen molar-refractivity contribution in [2.24, 2.45) is 0 Å². The Morgan fingerprint density at radius 1 is 0.449 bits per heavy atom. The second-order valence-electron chi connectivity index (χ2n) is 18.1. The van der Waals surface area contributed by atoms with E-state index in [-0.39, 0.29) is 38.6 Å². The molecule has 2 atom stereocenters. The lowest BCUT2D eigenvalue weighted by Crippen LogP contribution is -2.40. The van der Waals surface area contributed by atoms with Crippen molar-refractivity contribution < 1.29 is 42.9 Å². The second kappa shape index (κ2) is 49.8. The molecule has 0 heterocycles. The van der Waals surface area contributed by atoms with Crippen molar-refractivity contribution in [3.63, 3.8) is 0 Å². The Morgan fingerprint density at radius 3 is 1.25 bits per heavy atom. The lowest BCUT2D eigenvalue weighted by Gasteiger charge is -2.25. The Kier molecular flexibility index (Phi) is 46.5. The maximum atomic E-state index is 12.8. The Morgan fingerprint density at radius 2 is 0.826 bits per heavy atom. The first-order valence-electron chi connectivity index (χ1n) is 26.3. The zero-order chi connectivity index (χ0) is 50.6. The fourth-order valence-corrected chi connectivity index (χ4v) is 6.33. The van der Waals surface area contributed by atoms with Gasteiger partial charge in [-0.25, -0.2) is 4.79 Å². The summed E-state index contributed by atoms with van der Waals surface area (Å²) in [5.41, 5.74) is 0. The summed E-state index contributed by atoms with van der Waals surface area (Å²) in [7, 11) is 5.93. The van der Waals surface area contributed by atoms with Gasteiger partial charge in [-0.15, -0.1) is 0 Å². The highest BCUT2D eigenvalue weighted by atomic mass is 16.7. The van der Waals surface area contributed by atoms with E-state index in [0.29, 0.717) is 17.4 Å². The number of carboxylic acid groups (broad SMARTS) is 1. The van der Waals surface area contributed by atoms with Crippen LogP contribution in [0.1, 0.15) is 168 Å². The summed E-state index contributed by atoms with van der Waals surface area (Å²) in [6.07, 6.45) is 68.1. The molecule has 0 aliphatic heterocycles. The van der Waals surface area contributed by atoms with E-state index in [4.69, 9.17) is 18.9 Å². The average Bonchev–Trinajstić information content (AvgIpc) is 3.31. The lowest BCUT2D eigenvalue weighted by atomic mass is 10.1. The minimum absolute atomic E-state index is 0.170. The molecule has 0 aliphatic carbocycles. The molecule has 0 saturated heterocycles. The van der Waals surface area contributed by atoms with Crippen LogP contribution in [0.3, 0.4) is 0 Å². The molecule has 0 fully saturated rings. The van der Waals surface area contributed by atoms with Crippen LogP contribution in [0.5, 0.6) is 0 Å². The van der Waals surface area contributed by atoms with Gasteiger partial charge in [0.15, 0.2) is 6.10 Å². The number of allylic oxidation sites excluding steroid dienone is 22. The maximum Gasteiger partial charge on any atom is 0.361 e. The summed E-state index contributed by atoms with van der Waals surface area (Å²) in [6.45, 7) is 4.60. The maximum absolute atomic E-state index is 12.8. The van der Waals surface area contributed by atoms with Crippen molar-refractivity contribution in [1.82, 2.24) is 0 Å². The van der Waals surface area contributed by atoms with E-state index in [1.807, 2.05) is 21.1 Å². The van der Waals surface area contributed by atoms with Crippen molar-refractivity contribution in [3.05, 3.63) is 134 Å². The molecule has 1 N–H and O–H groups in total. The number of quaternary nitrogens is 1. The van der Waals surface area contributed by atoms with Crippen LogP contribution in [0.2, 0.25) is 0 Å². The molecule has 0 amide bonds. The zero-order valence-electron chi connectivity index (χ0n) is 43.9. The van der Waals surface area contributed by atoms with E-state index < -0.39 is 24.3 Å². The molecule has 388 valence electrons. The summed E-state index contributed by atoms with van der Waals surface area (Å²) >= 11 is 0. The summed E-state index contributed by atoms with van der Waals surface area (Å²) in [5, 5.41) is 9.66. The van der Waals surface area contributed by atoms with Crippen LogP contribution < -0.4 is 0 Å². The molecular weight excluding hydrogens is 863 g/mol. The predicted molar refractivity (Wildman–Crippen MR) is 290 cm³/mol. The molecule has 9 nitrogen and oxygen atoms in total. The van der Waals surface area contributed by atoms with E-state index in [2.05, 4.69) is 148 Å². The number of hydrogen-bond donors (Lipinski definition) is 1. The number of carbonyl (C=O) groups is 3. The van der Waals surface area contributed by atoms with E-state index in [9.17, 15) is 19.5 Å². The first kappa shape index (κ1) is 64.4. The van der Waals surface area contributed by atoms with Crippen molar-refractivity contribution in [3.8, 4) is 0 Å². The monoisotopic (exact) mass is 959 g/mol. The van der Waals surface area contributed by atoms with Crippen LogP contribution in [0, 0.1) is 0 Å². The minimum atomic E-state index is -1.53. The van der Waals surface area contributed by atoms with Crippen molar-refractivity contribution in [2.45, 2.75) is 180 Å². The summed E-state index contributed by atoms with van der Waals surface area (Å²) in [6, 6.07) is 0. The second-order valence-corrected chi connectivity index (χ2v) is 18.1. The SMILES string of the molecule is CC/C=C\C/C=C\C/C=C\C/C=C\C/C=C\C/C=C\C/C=C\C/C=C\C/C=C\CCCCCC(=O)OC(COC(=O)CCCCCCC/C=C\C/C=C\CCC)COC(OCC[N+](C)(C)C)C(=O)O. The highest BCUT2D eigenvalue weighted by Crippen LogP contribution is 2.12. The molecule has 9 heteroatoms. The number of unbranched alkanes of at least 4 members (excludes halogenated alkanes) is 9. The normalized spacial score (nSPS) is 13.9. The zero-order valence-corrected chi connectivity index (χ0v) is 43.9. The number of carboxylic acids is 1. The Hall–Kier alpha value is -4.57. The molecule has 0 rings (SSSR count). The fourth-order valence-electron chi connectivity index (χ4n) is 6.33. The summed E-state index contributed by atoms with van der Waals surface area (Å²) < 4.78 is 22.7. The van der Waals surface area contributed by atoms with E-state index in [0.717, 1.165) is 128 Å². The van der Waals surface area contributed by atoms with Gasteiger partial charge >= 0.3 is 17.9 Å². The number of rotatable bonds is 46. The highest BCUT2D eigenvalue weighted by Gasteiger charge is 2.25. The van der Waals surface area contributed by atoms with Crippen LogP contribution >= 0.6 is 0 Å². The topological polar surface area (TPSA) is 108 Å². The van der Waals surface area contributed by atoms with Gasteiger partial charge in [0.05, 0.1) is 34.4 Å². The number of likely N-dealkylation sites (N-methyl/N-ethyl adjacent to an activating group) is 1. The van der Waals surface area contributed by atoms with Crippen molar-refractivity contribution in [2.75, 3.05) is 47.5 Å². The third kappa shape index (κ3) is 51.1. The van der Waals surface area contributed by atoms with Gasteiger partial charge in [-0.1, -0.05) is 180 Å². The van der Waals surface area contributed by atoms with E-state index in [1.165, 1.54) is 6.42 Å². The number of esters is 2.